The van der Waals surface area contributed by atoms with Crippen LogP contribution in [0.1, 0.15) is 24.0 Å². The highest BCUT2D eigenvalue weighted by Crippen LogP contribution is 2.23. The molecule has 110 valence electrons. The molecule has 2 aromatic heterocycles. The third kappa shape index (κ3) is 3.93. The van der Waals surface area contributed by atoms with Crippen molar-refractivity contribution in [3.05, 3.63) is 52.9 Å². The lowest BCUT2D eigenvalue weighted by Crippen LogP contribution is -2.19. The summed E-state index contributed by atoms with van der Waals surface area (Å²) in [5, 5.41) is 4.22. The Morgan fingerprint density at radius 1 is 1.33 bits per heavy atom. The van der Waals surface area contributed by atoms with Gasteiger partial charge in [0.2, 0.25) is 0 Å². The predicted octanol–water partition coefficient (Wildman–Crippen LogP) is 3.02. The van der Waals surface area contributed by atoms with E-state index >= 15 is 0 Å². The SMILES string of the molecule is CN(Cc1ccncc1)c1cc(CNC2CC2)c(Cl)cn1. The van der Waals surface area contributed by atoms with E-state index in [-0.39, 0.29) is 0 Å². The number of halogens is 1. The lowest BCUT2D eigenvalue weighted by molar-refractivity contribution is 0.687. The van der Waals surface area contributed by atoms with Crippen LogP contribution < -0.4 is 10.2 Å². The summed E-state index contributed by atoms with van der Waals surface area (Å²) in [5.41, 5.74) is 2.32. The largest absolute Gasteiger partial charge is 0.355 e. The van der Waals surface area contributed by atoms with E-state index in [2.05, 4.69) is 26.3 Å². The molecule has 0 saturated heterocycles. The minimum absolute atomic E-state index is 0.673. The van der Waals surface area contributed by atoms with Crippen LogP contribution in [-0.2, 0) is 13.1 Å². The Kier molecular flexibility index (Phi) is 4.36. The van der Waals surface area contributed by atoms with Gasteiger partial charge in [0.15, 0.2) is 0 Å². The molecule has 21 heavy (non-hydrogen) atoms. The summed E-state index contributed by atoms with van der Waals surface area (Å²) in [6.45, 7) is 1.61. The van der Waals surface area contributed by atoms with Gasteiger partial charge in [0.25, 0.3) is 0 Å². The van der Waals surface area contributed by atoms with Crippen molar-refractivity contribution in [2.24, 2.45) is 0 Å². The zero-order chi connectivity index (χ0) is 14.7. The Hall–Kier alpha value is -1.65. The maximum Gasteiger partial charge on any atom is 0.128 e. The minimum atomic E-state index is 0.673. The molecule has 0 aliphatic heterocycles. The first-order valence-corrected chi connectivity index (χ1v) is 7.58. The van der Waals surface area contributed by atoms with E-state index in [0.29, 0.717) is 6.04 Å². The Bertz CT molecular complexity index is 598. The smallest absolute Gasteiger partial charge is 0.128 e. The monoisotopic (exact) mass is 302 g/mol. The van der Waals surface area contributed by atoms with E-state index in [1.54, 1.807) is 6.20 Å². The number of hydrogen-bond acceptors (Lipinski definition) is 4. The highest BCUT2D eigenvalue weighted by atomic mass is 35.5. The molecule has 0 spiro atoms. The number of hydrogen-bond donors (Lipinski definition) is 1. The lowest BCUT2D eigenvalue weighted by Gasteiger charge is -2.19. The fraction of sp³-hybridized carbons (Fsp3) is 0.375. The van der Waals surface area contributed by atoms with Crippen LogP contribution in [0.4, 0.5) is 5.82 Å². The molecule has 0 aromatic carbocycles. The van der Waals surface area contributed by atoms with Gasteiger partial charge in [-0.15, -0.1) is 0 Å². The van der Waals surface area contributed by atoms with Crippen LogP contribution in [0, 0.1) is 0 Å². The van der Waals surface area contributed by atoms with Gasteiger partial charge >= 0.3 is 0 Å². The summed E-state index contributed by atoms with van der Waals surface area (Å²) in [6, 6.07) is 6.77. The summed E-state index contributed by atoms with van der Waals surface area (Å²) in [7, 11) is 2.04. The number of rotatable bonds is 6. The fourth-order valence-electron chi connectivity index (χ4n) is 2.20. The molecule has 2 heterocycles. The van der Waals surface area contributed by atoms with Crippen LogP contribution in [0.2, 0.25) is 5.02 Å². The second-order valence-electron chi connectivity index (χ2n) is 5.50. The average Bonchev–Trinajstić information content (AvgIpc) is 3.31. The molecular weight excluding hydrogens is 284 g/mol. The molecule has 0 bridgehead atoms. The maximum absolute atomic E-state index is 6.24. The topological polar surface area (TPSA) is 41.1 Å². The first-order valence-electron chi connectivity index (χ1n) is 7.20. The summed E-state index contributed by atoms with van der Waals surface area (Å²) in [4.78, 5) is 10.6. The molecule has 0 amide bonds. The van der Waals surface area contributed by atoms with Crippen molar-refractivity contribution < 1.29 is 0 Å². The molecule has 5 heteroatoms. The molecule has 4 nitrogen and oxygen atoms in total. The second-order valence-corrected chi connectivity index (χ2v) is 5.91. The molecular formula is C16H19ClN4. The lowest BCUT2D eigenvalue weighted by atomic mass is 10.2. The Labute approximate surface area is 130 Å². The van der Waals surface area contributed by atoms with Crippen molar-refractivity contribution in [3.8, 4) is 0 Å². The van der Waals surface area contributed by atoms with Crippen molar-refractivity contribution in [1.29, 1.82) is 0 Å². The Morgan fingerprint density at radius 3 is 2.81 bits per heavy atom. The van der Waals surface area contributed by atoms with E-state index in [1.165, 1.54) is 18.4 Å². The van der Waals surface area contributed by atoms with Crippen molar-refractivity contribution in [2.75, 3.05) is 11.9 Å². The molecule has 0 unspecified atom stereocenters. The molecule has 1 saturated carbocycles. The van der Waals surface area contributed by atoms with Crippen molar-refractivity contribution in [1.82, 2.24) is 15.3 Å². The number of nitrogens with zero attached hydrogens (tertiary/aromatic N) is 3. The predicted molar refractivity (Wildman–Crippen MR) is 85.5 cm³/mol. The molecule has 1 N–H and O–H groups in total. The van der Waals surface area contributed by atoms with Crippen molar-refractivity contribution >= 4 is 17.4 Å². The van der Waals surface area contributed by atoms with Gasteiger partial charge in [-0.25, -0.2) is 4.98 Å². The second kappa shape index (κ2) is 6.41. The van der Waals surface area contributed by atoms with Gasteiger partial charge in [0, 0.05) is 44.8 Å². The number of nitrogens with one attached hydrogen (secondary N) is 1. The fourth-order valence-corrected chi connectivity index (χ4v) is 2.37. The van der Waals surface area contributed by atoms with Crippen molar-refractivity contribution in [3.63, 3.8) is 0 Å². The first kappa shape index (κ1) is 14.3. The maximum atomic E-state index is 6.24. The van der Waals surface area contributed by atoms with Crippen LogP contribution >= 0.6 is 11.6 Å². The van der Waals surface area contributed by atoms with Crippen LogP contribution in [0.3, 0.4) is 0 Å². The van der Waals surface area contributed by atoms with Crippen LogP contribution in [0.5, 0.6) is 0 Å². The summed E-state index contributed by atoms with van der Waals surface area (Å²) < 4.78 is 0. The summed E-state index contributed by atoms with van der Waals surface area (Å²) >= 11 is 6.24. The third-order valence-corrected chi connectivity index (χ3v) is 3.98. The van der Waals surface area contributed by atoms with Crippen LogP contribution in [0.15, 0.2) is 36.8 Å². The normalized spacial score (nSPS) is 14.2. The van der Waals surface area contributed by atoms with Crippen LogP contribution in [0.25, 0.3) is 0 Å². The van der Waals surface area contributed by atoms with E-state index in [1.807, 2.05) is 31.6 Å². The summed E-state index contributed by atoms with van der Waals surface area (Å²) in [5.74, 6) is 0.934. The zero-order valence-corrected chi connectivity index (χ0v) is 12.8. The third-order valence-electron chi connectivity index (χ3n) is 3.64. The summed E-state index contributed by atoms with van der Waals surface area (Å²) in [6.07, 6.45) is 7.91. The highest BCUT2D eigenvalue weighted by molar-refractivity contribution is 6.31. The van der Waals surface area contributed by atoms with Gasteiger partial charge in [-0.1, -0.05) is 11.6 Å². The van der Waals surface area contributed by atoms with Gasteiger partial charge in [-0.05, 0) is 42.2 Å². The van der Waals surface area contributed by atoms with Crippen LogP contribution in [-0.4, -0.2) is 23.1 Å². The number of pyridine rings is 2. The highest BCUT2D eigenvalue weighted by Gasteiger charge is 2.20. The Balaban J connectivity index is 1.69. The van der Waals surface area contributed by atoms with Gasteiger partial charge in [-0.3, -0.25) is 4.98 Å². The first-order chi connectivity index (χ1) is 10.2. The van der Waals surface area contributed by atoms with E-state index < -0.39 is 0 Å². The van der Waals surface area contributed by atoms with E-state index in [9.17, 15) is 0 Å². The Morgan fingerprint density at radius 2 is 2.10 bits per heavy atom. The molecule has 1 fully saturated rings. The molecule has 0 atom stereocenters. The van der Waals surface area contributed by atoms with Gasteiger partial charge < -0.3 is 10.2 Å². The average molecular weight is 303 g/mol. The van der Waals surface area contributed by atoms with Gasteiger partial charge in [0.05, 0.1) is 5.02 Å². The number of aromatic nitrogens is 2. The van der Waals surface area contributed by atoms with E-state index in [4.69, 9.17) is 11.6 Å². The quantitative estimate of drug-likeness (QED) is 0.890. The molecule has 0 radical (unpaired) electrons. The minimum Gasteiger partial charge on any atom is -0.355 e. The molecule has 3 rings (SSSR count). The number of anilines is 1. The molecule has 1 aliphatic carbocycles. The van der Waals surface area contributed by atoms with Gasteiger partial charge in [0.1, 0.15) is 5.82 Å². The van der Waals surface area contributed by atoms with E-state index in [0.717, 1.165) is 29.5 Å². The standard InChI is InChI=1S/C16H19ClN4/c1-21(11-12-4-6-18-7-5-12)16-8-13(15(17)10-20-16)9-19-14-2-3-14/h4-8,10,14,19H,2-3,9,11H2,1H3. The molecule has 2 aromatic rings. The van der Waals surface area contributed by atoms with Crippen molar-refractivity contribution in [2.45, 2.75) is 32.0 Å². The zero-order valence-electron chi connectivity index (χ0n) is 12.1. The molecule has 1 aliphatic rings. The van der Waals surface area contributed by atoms with Gasteiger partial charge in [-0.2, -0.15) is 0 Å².